The molecule has 3 aromatic rings. The van der Waals surface area contributed by atoms with Gasteiger partial charge in [-0.2, -0.15) is 0 Å². The lowest BCUT2D eigenvalue weighted by Crippen LogP contribution is -2.55. The van der Waals surface area contributed by atoms with Crippen LogP contribution in [0.1, 0.15) is 37.5 Å². The molecule has 0 spiro atoms. The zero-order valence-corrected chi connectivity index (χ0v) is 23.6. The fraction of sp³-hybridized carbons (Fsp3) is 0.310. The topological polar surface area (TPSA) is 58.6 Å². The van der Waals surface area contributed by atoms with Crippen molar-refractivity contribution in [1.82, 2.24) is 10.2 Å². The molecule has 0 aliphatic heterocycles. The lowest BCUT2D eigenvalue weighted by atomic mass is 10.0. The lowest BCUT2D eigenvalue weighted by molar-refractivity contribution is -0.143. The van der Waals surface area contributed by atoms with Crippen LogP contribution < -0.4 is 10.1 Å². The molecule has 0 aromatic heterocycles. The van der Waals surface area contributed by atoms with Crippen LogP contribution in [-0.2, 0) is 22.6 Å². The number of carbonyl (C=O) groups is 2. The van der Waals surface area contributed by atoms with Crippen molar-refractivity contribution in [3.63, 3.8) is 0 Å². The highest BCUT2D eigenvalue weighted by Crippen LogP contribution is 2.28. The van der Waals surface area contributed by atoms with Gasteiger partial charge in [-0.25, -0.2) is 0 Å². The quantitative estimate of drug-likeness (QED) is 0.309. The number of hydrogen-bond donors (Lipinski definition) is 1. The number of benzene rings is 3. The van der Waals surface area contributed by atoms with Gasteiger partial charge in [0.15, 0.2) is 6.61 Å². The Morgan fingerprint density at radius 1 is 0.919 bits per heavy atom. The molecular formula is C29H31Cl3N2O3. The Morgan fingerprint density at radius 3 is 2.16 bits per heavy atom. The van der Waals surface area contributed by atoms with Crippen molar-refractivity contribution in [2.24, 2.45) is 0 Å². The van der Waals surface area contributed by atoms with Crippen LogP contribution in [0, 0.1) is 6.92 Å². The second-order valence-corrected chi connectivity index (χ2v) is 11.1. The number of nitrogens with zero attached hydrogens (tertiary/aromatic N) is 1. The van der Waals surface area contributed by atoms with Gasteiger partial charge in [0.05, 0.1) is 0 Å². The summed E-state index contributed by atoms with van der Waals surface area (Å²) in [7, 11) is 0. The highest BCUT2D eigenvalue weighted by atomic mass is 35.5. The van der Waals surface area contributed by atoms with Gasteiger partial charge in [-0.1, -0.05) is 71.2 Å². The molecule has 0 saturated heterocycles. The van der Waals surface area contributed by atoms with Crippen LogP contribution in [0.4, 0.5) is 0 Å². The van der Waals surface area contributed by atoms with E-state index >= 15 is 0 Å². The third kappa shape index (κ3) is 8.39. The van der Waals surface area contributed by atoms with E-state index in [0.717, 1.165) is 11.1 Å². The Hall–Kier alpha value is -2.73. The molecule has 3 aromatic carbocycles. The smallest absolute Gasteiger partial charge is 0.261 e. The van der Waals surface area contributed by atoms with E-state index in [4.69, 9.17) is 39.5 Å². The normalized spacial score (nSPS) is 12.1. The minimum absolute atomic E-state index is 0.0371. The van der Waals surface area contributed by atoms with Crippen LogP contribution in [0.2, 0.25) is 15.1 Å². The number of rotatable bonds is 9. The van der Waals surface area contributed by atoms with Crippen LogP contribution in [-0.4, -0.2) is 34.9 Å². The number of carbonyl (C=O) groups excluding carboxylic acids is 2. The summed E-state index contributed by atoms with van der Waals surface area (Å²) in [5, 5.41) is 4.45. The standard InChI is InChI=1S/C29H31Cl3N2O3/c1-19-15-21(13-14-23(19)30)37-18-27(35)34(17-22-24(31)11-8-12-25(22)32)26(28(36)33-29(2,3)4)16-20-9-6-5-7-10-20/h5-15,26H,16-18H2,1-4H3,(H,33,36)/t26-/m1/s1. The second-order valence-electron chi connectivity index (χ2n) is 9.87. The molecule has 196 valence electrons. The van der Waals surface area contributed by atoms with Crippen LogP contribution in [0.25, 0.3) is 0 Å². The zero-order chi connectivity index (χ0) is 27.2. The SMILES string of the molecule is Cc1cc(OCC(=O)N(Cc2c(Cl)cccc2Cl)[C@H](Cc2ccccc2)C(=O)NC(C)(C)C)ccc1Cl. The van der Waals surface area contributed by atoms with Crippen molar-refractivity contribution in [1.29, 1.82) is 0 Å². The van der Waals surface area contributed by atoms with E-state index in [1.165, 1.54) is 4.90 Å². The highest BCUT2D eigenvalue weighted by molar-refractivity contribution is 6.36. The monoisotopic (exact) mass is 560 g/mol. The van der Waals surface area contributed by atoms with Gasteiger partial charge in [-0.3, -0.25) is 9.59 Å². The average Bonchev–Trinajstić information content (AvgIpc) is 2.83. The first kappa shape index (κ1) is 28.8. The predicted octanol–water partition coefficient (Wildman–Crippen LogP) is 6.89. The number of hydrogen-bond acceptors (Lipinski definition) is 3. The van der Waals surface area contributed by atoms with Crippen molar-refractivity contribution >= 4 is 46.6 Å². The molecule has 1 N–H and O–H groups in total. The van der Waals surface area contributed by atoms with Gasteiger partial charge in [0.25, 0.3) is 5.91 Å². The third-order valence-corrected chi connectivity index (χ3v) is 6.78. The molecular weight excluding hydrogens is 531 g/mol. The van der Waals surface area contributed by atoms with Crippen molar-refractivity contribution in [3.05, 3.63) is 98.5 Å². The summed E-state index contributed by atoms with van der Waals surface area (Å²) in [6.07, 6.45) is 0.302. The largest absolute Gasteiger partial charge is 0.484 e. The Bertz CT molecular complexity index is 1220. The van der Waals surface area contributed by atoms with Crippen LogP contribution in [0.5, 0.6) is 5.75 Å². The van der Waals surface area contributed by atoms with Crippen LogP contribution >= 0.6 is 34.8 Å². The van der Waals surface area contributed by atoms with Gasteiger partial charge in [-0.05, 0) is 69.2 Å². The predicted molar refractivity (Wildman–Crippen MR) is 151 cm³/mol. The van der Waals surface area contributed by atoms with Gasteiger partial charge in [0, 0.05) is 39.1 Å². The molecule has 3 rings (SSSR count). The van der Waals surface area contributed by atoms with E-state index < -0.39 is 11.6 Å². The minimum atomic E-state index is -0.836. The van der Waals surface area contributed by atoms with E-state index in [1.54, 1.807) is 36.4 Å². The first-order chi connectivity index (χ1) is 17.4. The van der Waals surface area contributed by atoms with E-state index in [9.17, 15) is 9.59 Å². The summed E-state index contributed by atoms with van der Waals surface area (Å²) < 4.78 is 5.82. The zero-order valence-electron chi connectivity index (χ0n) is 21.4. The Kier molecular flexibility index (Phi) is 9.88. The summed E-state index contributed by atoms with van der Waals surface area (Å²) in [5.41, 5.74) is 1.80. The fourth-order valence-electron chi connectivity index (χ4n) is 3.80. The number of halogens is 3. The minimum Gasteiger partial charge on any atom is -0.484 e. The second kappa shape index (κ2) is 12.7. The van der Waals surface area contributed by atoms with Gasteiger partial charge < -0.3 is 15.0 Å². The number of amides is 2. The van der Waals surface area contributed by atoms with Gasteiger partial charge in [-0.15, -0.1) is 0 Å². The molecule has 1 atom stereocenters. The summed E-state index contributed by atoms with van der Waals surface area (Å²) in [5.74, 6) is -0.159. The highest BCUT2D eigenvalue weighted by Gasteiger charge is 2.33. The Morgan fingerprint density at radius 2 is 1.57 bits per heavy atom. The molecule has 8 heteroatoms. The van der Waals surface area contributed by atoms with E-state index in [1.807, 2.05) is 58.0 Å². The maximum absolute atomic E-state index is 13.7. The lowest BCUT2D eigenvalue weighted by Gasteiger charge is -2.34. The molecule has 0 heterocycles. The fourth-order valence-corrected chi connectivity index (χ4v) is 4.43. The molecule has 2 amide bonds. The molecule has 37 heavy (non-hydrogen) atoms. The van der Waals surface area contributed by atoms with E-state index in [2.05, 4.69) is 5.32 Å². The van der Waals surface area contributed by atoms with Gasteiger partial charge in [0.1, 0.15) is 11.8 Å². The van der Waals surface area contributed by atoms with E-state index in [0.29, 0.717) is 32.8 Å². The number of ether oxygens (including phenoxy) is 1. The summed E-state index contributed by atoms with van der Waals surface area (Å²) >= 11 is 19.1. The van der Waals surface area contributed by atoms with E-state index in [-0.39, 0.29) is 25.0 Å². The Balaban J connectivity index is 1.98. The third-order valence-electron chi connectivity index (χ3n) is 5.65. The molecule has 0 saturated carbocycles. The van der Waals surface area contributed by atoms with Crippen molar-refractivity contribution < 1.29 is 14.3 Å². The summed E-state index contributed by atoms with van der Waals surface area (Å²) in [6, 6.07) is 19.1. The molecule has 0 aliphatic carbocycles. The molecule has 0 bridgehead atoms. The van der Waals surface area contributed by atoms with Gasteiger partial charge >= 0.3 is 0 Å². The average molecular weight is 562 g/mol. The van der Waals surface area contributed by atoms with Crippen molar-refractivity contribution in [2.75, 3.05) is 6.61 Å². The van der Waals surface area contributed by atoms with Crippen molar-refractivity contribution in [3.8, 4) is 5.75 Å². The molecule has 0 radical (unpaired) electrons. The summed E-state index contributed by atoms with van der Waals surface area (Å²) in [6.45, 7) is 7.30. The first-order valence-electron chi connectivity index (χ1n) is 11.9. The maximum atomic E-state index is 13.7. The Labute approximate surface area is 233 Å². The molecule has 0 aliphatic rings. The first-order valence-corrected chi connectivity index (χ1v) is 13.1. The number of aryl methyl sites for hydroxylation is 1. The molecule has 5 nitrogen and oxygen atoms in total. The molecule has 0 fully saturated rings. The van der Waals surface area contributed by atoms with Crippen molar-refractivity contribution in [2.45, 2.75) is 52.2 Å². The van der Waals surface area contributed by atoms with Gasteiger partial charge in [0.2, 0.25) is 5.91 Å². The van der Waals surface area contributed by atoms with Crippen LogP contribution in [0.15, 0.2) is 66.7 Å². The van der Waals surface area contributed by atoms with Crippen LogP contribution in [0.3, 0.4) is 0 Å². The number of nitrogens with one attached hydrogen (secondary N) is 1. The summed E-state index contributed by atoms with van der Waals surface area (Å²) in [4.78, 5) is 28.8. The maximum Gasteiger partial charge on any atom is 0.261 e. The molecule has 0 unspecified atom stereocenters.